The van der Waals surface area contributed by atoms with Crippen LogP contribution in [0, 0.1) is 5.41 Å². The Hall–Kier alpha value is -3.28. The lowest BCUT2D eigenvalue weighted by atomic mass is 9.86. The molecule has 0 unspecified atom stereocenters. The van der Waals surface area contributed by atoms with E-state index in [0.29, 0.717) is 0 Å². The van der Waals surface area contributed by atoms with Gasteiger partial charge in [0.1, 0.15) is 51.5 Å². The van der Waals surface area contributed by atoms with Gasteiger partial charge in [0.2, 0.25) is 0 Å². The van der Waals surface area contributed by atoms with E-state index >= 15 is 0 Å². The summed E-state index contributed by atoms with van der Waals surface area (Å²) in [6.45, 7) is 41.7. The molecule has 0 amide bonds. The Balaban J connectivity index is 1.54. The first-order chi connectivity index (χ1) is 27.4. The third-order valence-electron chi connectivity index (χ3n) is 13.3. The molecule has 4 aromatic carbocycles. The van der Waals surface area contributed by atoms with Crippen LogP contribution in [0.25, 0.3) is 0 Å². The number of ether oxygens (including phenoxy) is 2. The van der Waals surface area contributed by atoms with Crippen molar-refractivity contribution in [2.45, 2.75) is 177 Å². The molecule has 328 valence electrons. The molecule has 2 atom stereocenters. The highest BCUT2D eigenvalue weighted by Crippen LogP contribution is 2.44. The molecule has 0 saturated carbocycles. The smallest absolute Gasteiger partial charge is 0.171 e. The van der Waals surface area contributed by atoms with Crippen LogP contribution in [-0.4, -0.2) is 54.1 Å². The molecule has 60 heavy (non-hydrogen) atoms. The van der Waals surface area contributed by atoms with Gasteiger partial charge in [-0.05, 0) is 50.8 Å². The maximum atomic E-state index is 7.33. The monoisotopic (exact) mass is 817 g/mol. The Labute approximate surface area is 367 Å². The molecule has 0 radical (unpaired) electrons. The number of quaternary nitrogens is 2. The molecule has 0 spiro atoms. The third-order valence-corrected chi connectivity index (χ3v) is 13.3. The molecule has 0 aromatic heterocycles. The van der Waals surface area contributed by atoms with Gasteiger partial charge in [-0.15, -0.1) is 0 Å². The van der Waals surface area contributed by atoms with Crippen LogP contribution in [0.5, 0.6) is 0 Å². The van der Waals surface area contributed by atoms with E-state index in [1.54, 1.807) is 0 Å². The quantitative estimate of drug-likeness (QED) is 0.133. The topological polar surface area (TPSA) is 18.5 Å². The first kappa shape index (κ1) is 47.8. The second-order valence-corrected chi connectivity index (χ2v) is 24.5. The standard InChI is InChI=1S/C56H84N2O2/c1-51(2,3)45-27-19-41(20-28-45)35-57(17,36-42-21-29-46(30-22-42)52(4,5)6)39-49-50(60-56(16,59-49)55(13,14)15)40-58(18,37-43-23-31-47(32-24-43)53(7,8)9)38-44-25-33-48(34-26-44)54(10,11)12/h19-34,49-50H,35-40H2,1-18H3/q+2/t49-,50-/m0/s1. The number of likely N-dealkylation sites (N-methyl/N-ethyl adjacent to an activating group) is 2. The molecular formula is C56H84N2O2+2. The van der Waals surface area contributed by atoms with Crippen molar-refractivity contribution in [2.75, 3.05) is 27.2 Å². The van der Waals surface area contributed by atoms with Crippen LogP contribution in [0.4, 0.5) is 0 Å². The lowest BCUT2D eigenvalue weighted by molar-refractivity contribution is -0.944. The van der Waals surface area contributed by atoms with Crippen LogP contribution in [0.2, 0.25) is 0 Å². The summed E-state index contributed by atoms with van der Waals surface area (Å²) in [5.41, 5.74) is 11.1. The summed E-state index contributed by atoms with van der Waals surface area (Å²) < 4.78 is 16.3. The maximum absolute atomic E-state index is 7.33. The highest BCUT2D eigenvalue weighted by molar-refractivity contribution is 5.30. The molecule has 1 aliphatic rings. The number of hydrogen-bond acceptors (Lipinski definition) is 2. The van der Waals surface area contributed by atoms with Crippen LogP contribution >= 0.6 is 0 Å². The second-order valence-electron chi connectivity index (χ2n) is 24.5. The molecule has 5 rings (SSSR count). The molecule has 1 fully saturated rings. The minimum atomic E-state index is -0.733. The largest absolute Gasteiger partial charge is 0.338 e. The average molecular weight is 817 g/mol. The molecular weight excluding hydrogens is 733 g/mol. The number of hydrogen-bond donors (Lipinski definition) is 0. The zero-order valence-electron chi connectivity index (χ0n) is 41.3. The van der Waals surface area contributed by atoms with Gasteiger partial charge in [0.05, 0.1) is 14.1 Å². The van der Waals surface area contributed by atoms with Crippen molar-refractivity contribution in [1.82, 2.24) is 0 Å². The van der Waals surface area contributed by atoms with Gasteiger partial charge in [-0.1, -0.05) is 201 Å². The Kier molecular flexibility index (Phi) is 13.6. The van der Waals surface area contributed by atoms with Crippen LogP contribution < -0.4 is 0 Å². The SMILES string of the molecule is CC(C)(C)c1ccc(C[N+](C)(Cc2ccc(C(C)(C)C)cc2)C[C@@H]2OC(C)(C(C)(C)C)O[C@H]2C[N+](C)(Cc2ccc(C(C)(C)C)cc2)Cc2ccc(C(C)(C)C)cc2)cc1. The summed E-state index contributed by atoms with van der Waals surface area (Å²) in [6, 6.07) is 37.5. The molecule has 1 heterocycles. The van der Waals surface area contributed by atoms with Crippen molar-refractivity contribution in [2.24, 2.45) is 5.41 Å². The predicted molar refractivity (Wildman–Crippen MR) is 255 cm³/mol. The zero-order valence-corrected chi connectivity index (χ0v) is 41.3. The number of nitrogens with zero attached hydrogens (tertiary/aromatic N) is 2. The fourth-order valence-electron chi connectivity index (χ4n) is 8.86. The first-order valence-corrected chi connectivity index (χ1v) is 22.8. The lowest BCUT2D eigenvalue weighted by Crippen LogP contribution is -2.54. The molecule has 4 aromatic rings. The van der Waals surface area contributed by atoms with Gasteiger partial charge in [0.15, 0.2) is 5.79 Å². The van der Waals surface area contributed by atoms with Gasteiger partial charge < -0.3 is 18.4 Å². The molecule has 1 saturated heterocycles. The van der Waals surface area contributed by atoms with Crippen LogP contribution in [0.1, 0.15) is 155 Å². The Bertz CT molecular complexity index is 1730. The summed E-state index contributed by atoms with van der Waals surface area (Å²) in [4.78, 5) is 0. The van der Waals surface area contributed by atoms with Gasteiger partial charge in [0, 0.05) is 27.7 Å². The van der Waals surface area contributed by atoms with Crippen molar-refractivity contribution < 1.29 is 18.4 Å². The van der Waals surface area contributed by atoms with Gasteiger partial charge in [-0.25, -0.2) is 0 Å². The molecule has 0 aliphatic carbocycles. The van der Waals surface area contributed by atoms with Crippen molar-refractivity contribution in [1.29, 1.82) is 0 Å². The number of rotatable bonds is 12. The Morgan fingerprint density at radius 3 is 0.750 bits per heavy atom. The van der Waals surface area contributed by atoms with Crippen molar-refractivity contribution >= 4 is 0 Å². The van der Waals surface area contributed by atoms with E-state index in [1.165, 1.54) is 44.5 Å². The minimum Gasteiger partial charge on any atom is -0.338 e. The van der Waals surface area contributed by atoms with E-state index in [2.05, 4.69) is 222 Å². The summed E-state index contributed by atoms with van der Waals surface area (Å²) in [7, 11) is 4.87. The van der Waals surface area contributed by atoms with Gasteiger partial charge in [0.25, 0.3) is 0 Å². The lowest BCUT2D eigenvalue weighted by Gasteiger charge is -2.40. The van der Waals surface area contributed by atoms with E-state index in [-0.39, 0.29) is 39.3 Å². The fraction of sp³-hybridized carbons (Fsp3) is 0.571. The van der Waals surface area contributed by atoms with Crippen LogP contribution in [0.3, 0.4) is 0 Å². The summed E-state index contributed by atoms with van der Waals surface area (Å²) in [6.07, 6.45) is -0.211. The van der Waals surface area contributed by atoms with E-state index in [4.69, 9.17) is 9.47 Å². The molecule has 0 N–H and O–H groups in total. The van der Waals surface area contributed by atoms with Gasteiger partial charge >= 0.3 is 0 Å². The van der Waals surface area contributed by atoms with Crippen molar-refractivity contribution in [3.63, 3.8) is 0 Å². The predicted octanol–water partition coefficient (Wildman–Crippen LogP) is 13.4. The third kappa shape index (κ3) is 12.2. The van der Waals surface area contributed by atoms with E-state index in [1.807, 2.05) is 0 Å². The first-order valence-electron chi connectivity index (χ1n) is 22.8. The van der Waals surface area contributed by atoms with Crippen molar-refractivity contribution in [3.05, 3.63) is 142 Å². The highest BCUT2D eigenvalue weighted by atomic mass is 16.8. The van der Waals surface area contributed by atoms with E-state index in [0.717, 1.165) is 48.2 Å². The van der Waals surface area contributed by atoms with Crippen LogP contribution in [0.15, 0.2) is 97.1 Å². The Morgan fingerprint density at radius 1 is 0.383 bits per heavy atom. The number of benzene rings is 4. The highest BCUT2D eigenvalue weighted by Gasteiger charge is 2.55. The Morgan fingerprint density at radius 2 is 0.583 bits per heavy atom. The van der Waals surface area contributed by atoms with Gasteiger partial charge in [-0.3, -0.25) is 0 Å². The normalized spacial score (nSPS) is 18.2. The van der Waals surface area contributed by atoms with E-state index in [9.17, 15) is 0 Å². The maximum Gasteiger partial charge on any atom is 0.171 e. The summed E-state index contributed by atoms with van der Waals surface area (Å²) in [5, 5.41) is 0. The van der Waals surface area contributed by atoms with Crippen LogP contribution in [-0.2, 0) is 57.3 Å². The zero-order chi connectivity index (χ0) is 44.7. The molecule has 1 aliphatic heterocycles. The van der Waals surface area contributed by atoms with E-state index < -0.39 is 5.79 Å². The molecule has 4 nitrogen and oxygen atoms in total. The molecule has 0 bridgehead atoms. The van der Waals surface area contributed by atoms with Gasteiger partial charge in [-0.2, -0.15) is 0 Å². The average Bonchev–Trinajstić information content (AvgIpc) is 3.41. The second kappa shape index (κ2) is 17.1. The van der Waals surface area contributed by atoms with Crippen molar-refractivity contribution in [3.8, 4) is 0 Å². The summed E-state index contributed by atoms with van der Waals surface area (Å²) >= 11 is 0. The summed E-state index contributed by atoms with van der Waals surface area (Å²) in [5.74, 6) is -0.733. The minimum absolute atomic E-state index is 0.106. The molecule has 4 heteroatoms. The fourth-order valence-corrected chi connectivity index (χ4v) is 8.86.